The third kappa shape index (κ3) is 3.71. The number of aromatic amines is 1. The molecule has 0 aliphatic carbocycles. The van der Waals surface area contributed by atoms with Crippen LogP contribution in [0.2, 0.25) is 0 Å². The summed E-state index contributed by atoms with van der Waals surface area (Å²) >= 11 is 0. The van der Waals surface area contributed by atoms with Crippen molar-refractivity contribution in [2.24, 2.45) is 0 Å². The molecule has 1 saturated heterocycles. The lowest BCUT2D eigenvalue weighted by atomic mass is 10.2. The van der Waals surface area contributed by atoms with Crippen LogP contribution in [0.3, 0.4) is 0 Å². The first kappa shape index (κ1) is 18.7. The Morgan fingerprint density at radius 3 is 2.34 bits per heavy atom. The van der Waals surface area contributed by atoms with Crippen LogP contribution in [0.15, 0.2) is 56.9 Å². The van der Waals surface area contributed by atoms with Crippen molar-refractivity contribution in [3.8, 4) is 0 Å². The number of fused-ring (bicyclic) bond motifs is 1. The number of benzene rings is 1. The van der Waals surface area contributed by atoms with E-state index in [1.807, 2.05) is 0 Å². The van der Waals surface area contributed by atoms with E-state index in [-0.39, 0.29) is 35.9 Å². The van der Waals surface area contributed by atoms with Gasteiger partial charge in [-0.2, -0.15) is 0 Å². The quantitative estimate of drug-likeness (QED) is 0.697. The number of carbonyl (C=O) groups is 2. The van der Waals surface area contributed by atoms with Crippen molar-refractivity contribution >= 4 is 22.6 Å². The average molecular weight is 396 g/mol. The summed E-state index contributed by atoms with van der Waals surface area (Å²) in [6.45, 7) is 1.80. The molecule has 3 aromatic rings. The summed E-state index contributed by atoms with van der Waals surface area (Å²) in [6, 6.07) is 8.20. The minimum Gasteiger partial charge on any atom is -0.472 e. The van der Waals surface area contributed by atoms with Gasteiger partial charge in [-0.1, -0.05) is 12.1 Å². The van der Waals surface area contributed by atoms with Gasteiger partial charge in [0.05, 0.1) is 29.1 Å². The van der Waals surface area contributed by atoms with Gasteiger partial charge in [-0.15, -0.1) is 0 Å². The topological polar surface area (TPSA) is 109 Å². The molecule has 0 spiro atoms. The van der Waals surface area contributed by atoms with Gasteiger partial charge < -0.3 is 14.2 Å². The lowest BCUT2D eigenvalue weighted by Gasteiger charge is -2.34. The second-order valence-electron chi connectivity index (χ2n) is 6.88. The SMILES string of the molecule is O=C(CCn1[nH]c(=O)c2ccccc2c1=O)N1CCN(C(=O)c2ccoc2)CC1. The molecule has 0 unspecified atom stereocenters. The average Bonchev–Trinajstić information content (AvgIpc) is 3.29. The minimum atomic E-state index is -0.362. The number of nitrogens with one attached hydrogen (secondary N) is 1. The Morgan fingerprint density at radius 2 is 1.66 bits per heavy atom. The first-order chi connectivity index (χ1) is 14.0. The predicted octanol–water partition coefficient (Wildman–Crippen LogP) is 0.657. The van der Waals surface area contributed by atoms with Crippen LogP contribution in [0.4, 0.5) is 0 Å². The van der Waals surface area contributed by atoms with Crippen LogP contribution in [0.1, 0.15) is 16.8 Å². The van der Waals surface area contributed by atoms with E-state index < -0.39 is 0 Å². The van der Waals surface area contributed by atoms with Crippen LogP contribution >= 0.6 is 0 Å². The highest BCUT2D eigenvalue weighted by Gasteiger charge is 2.25. The molecule has 29 heavy (non-hydrogen) atoms. The number of aromatic nitrogens is 2. The van der Waals surface area contributed by atoms with Gasteiger partial charge in [-0.05, 0) is 18.2 Å². The fourth-order valence-electron chi connectivity index (χ4n) is 3.50. The van der Waals surface area contributed by atoms with Crippen LogP contribution in [0, 0.1) is 0 Å². The van der Waals surface area contributed by atoms with Gasteiger partial charge in [-0.25, -0.2) is 4.68 Å². The molecule has 9 heteroatoms. The Balaban J connectivity index is 1.37. The van der Waals surface area contributed by atoms with Crippen LogP contribution < -0.4 is 11.1 Å². The lowest BCUT2D eigenvalue weighted by molar-refractivity contribution is -0.133. The van der Waals surface area contributed by atoms with E-state index in [1.54, 1.807) is 40.1 Å². The van der Waals surface area contributed by atoms with Crippen LogP contribution in [0.25, 0.3) is 10.8 Å². The molecule has 0 bridgehead atoms. The van der Waals surface area contributed by atoms with E-state index in [2.05, 4.69) is 5.10 Å². The molecule has 9 nitrogen and oxygen atoms in total. The molecule has 0 saturated carbocycles. The highest BCUT2D eigenvalue weighted by atomic mass is 16.3. The van der Waals surface area contributed by atoms with Crippen molar-refractivity contribution in [3.05, 3.63) is 69.1 Å². The van der Waals surface area contributed by atoms with E-state index in [1.165, 1.54) is 17.2 Å². The smallest absolute Gasteiger partial charge is 0.273 e. The molecule has 1 aliphatic heterocycles. The van der Waals surface area contributed by atoms with Gasteiger partial charge in [-0.3, -0.25) is 24.3 Å². The number of nitrogens with zero attached hydrogens (tertiary/aromatic N) is 3. The molecule has 3 heterocycles. The third-order valence-electron chi connectivity index (χ3n) is 5.12. The maximum Gasteiger partial charge on any atom is 0.273 e. The van der Waals surface area contributed by atoms with Crippen LogP contribution in [-0.2, 0) is 11.3 Å². The van der Waals surface area contributed by atoms with E-state index in [9.17, 15) is 19.2 Å². The lowest BCUT2D eigenvalue weighted by Crippen LogP contribution is -2.50. The van der Waals surface area contributed by atoms with Gasteiger partial charge in [0.2, 0.25) is 5.91 Å². The molecule has 2 amide bonds. The van der Waals surface area contributed by atoms with Gasteiger partial charge in [0.25, 0.3) is 17.0 Å². The zero-order valence-corrected chi connectivity index (χ0v) is 15.7. The molecule has 1 aromatic carbocycles. The minimum absolute atomic E-state index is 0.0872. The zero-order chi connectivity index (χ0) is 20.4. The summed E-state index contributed by atoms with van der Waals surface area (Å²) in [7, 11) is 0. The Kier molecular flexibility index (Phi) is 5.03. The van der Waals surface area contributed by atoms with Gasteiger partial charge in [0, 0.05) is 32.6 Å². The van der Waals surface area contributed by atoms with Crippen LogP contribution in [0.5, 0.6) is 0 Å². The zero-order valence-electron chi connectivity index (χ0n) is 15.7. The molecule has 2 aromatic heterocycles. The molecule has 150 valence electrons. The largest absolute Gasteiger partial charge is 0.472 e. The molecule has 0 atom stereocenters. The number of hydrogen-bond donors (Lipinski definition) is 1. The molecule has 1 N–H and O–H groups in total. The predicted molar refractivity (Wildman–Crippen MR) is 105 cm³/mol. The molecule has 1 aliphatic rings. The van der Waals surface area contributed by atoms with Crippen molar-refractivity contribution in [2.75, 3.05) is 26.2 Å². The second-order valence-corrected chi connectivity index (χ2v) is 6.88. The molecule has 4 rings (SSSR count). The highest BCUT2D eigenvalue weighted by Crippen LogP contribution is 2.10. The van der Waals surface area contributed by atoms with Crippen molar-refractivity contribution < 1.29 is 14.0 Å². The first-order valence-corrected chi connectivity index (χ1v) is 9.36. The number of amides is 2. The van der Waals surface area contributed by atoms with E-state index >= 15 is 0 Å². The third-order valence-corrected chi connectivity index (χ3v) is 5.12. The Morgan fingerprint density at radius 1 is 0.966 bits per heavy atom. The van der Waals surface area contributed by atoms with Crippen LogP contribution in [-0.4, -0.2) is 57.6 Å². The maximum atomic E-state index is 12.5. The Bertz CT molecular complexity index is 1150. The number of hydrogen-bond acceptors (Lipinski definition) is 5. The summed E-state index contributed by atoms with van der Waals surface area (Å²) in [5.74, 6) is -0.243. The van der Waals surface area contributed by atoms with Crippen molar-refractivity contribution in [2.45, 2.75) is 13.0 Å². The fourth-order valence-corrected chi connectivity index (χ4v) is 3.50. The number of carbonyl (C=O) groups excluding carboxylic acids is 2. The van der Waals surface area contributed by atoms with Gasteiger partial charge in [0.1, 0.15) is 6.26 Å². The number of rotatable bonds is 4. The molecular weight excluding hydrogens is 376 g/mol. The normalized spacial score (nSPS) is 14.3. The number of piperazine rings is 1. The monoisotopic (exact) mass is 396 g/mol. The summed E-state index contributed by atoms with van der Waals surface area (Å²) in [4.78, 5) is 52.9. The van der Waals surface area contributed by atoms with Crippen molar-refractivity contribution in [1.29, 1.82) is 0 Å². The molecule has 0 radical (unpaired) electrons. The summed E-state index contributed by atoms with van der Waals surface area (Å²) in [5.41, 5.74) is -0.202. The van der Waals surface area contributed by atoms with Crippen molar-refractivity contribution in [1.82, 2.24) is 19.6 Å². The summed E-state index contributed by atoms with van der Waals surface area (Å²) < 4.78 is 6.12. The van der Waals surface area contributed by atoms with Gasteiger partial charge in [0.15, 0.2) is 0 Å². The number of aryl methyl sites for hydroxylation is 1. The summed E-state index contributed by atoms with van der Waals surface area (Å²) in [6.07, 6.45) is 2.94. The second kappa shape index (κ2) is 7.78. The standard InChI is InChI=1S/C20H20N4O5/c25-17(22-8-10-23(11-9-22)19(27)14-6-12-29-13-14)5-7-24-20(28)16-4-2-1-3-15(16)18(26)21-24/h1-4,6,12-13H,5,7-11H2,(H,21,26). The maximum absolute atomic E-state index is 12.5. The van der Waals surface area contributed by atoms with E-state index in [0.29, 0.717) is 42.5 Å². The fraction of sp³-hybridized carbons (Fsp3) is 0.300. The highest BCUT2D eigenvalue weighted by molar-refractivity contribution is 5.94. The van der Waals surface area contributed by atoms with Gasteiger partial charge >= 0.3 is 0 Å². The van der Waals surface area contributed by atoms with E-state index in [0.717, 1.165) is 0 Å². The summed E-state index contributed by atoms with van der Waals surface area (Å²) in [5, 5.41) is 3.19. The van der Waals surface area contributed by atoms with E-state index in [4.69, 9.17) is 4.42 Å². The molecular formula is C20H20N4O5. The number of H-pyrrole nitrogens is 1. The molecule has 1 fully saturated rings. The first-order valence-electron chi connectivity index (χ1n) is 9.36. The Hall–Kier alpha value is -3.62. The van der Waals surface area contributed by atoms with Crippen molar-refractivity contribution in [3.63, 3.8) is 0 Å². The Labute approximate surface area is 165 Å². The number of furan rings is 1.